The first-order chi connectivity index (χ1) is 18.5. The molecule has 0 heterocycles. The summed E-state index contributed by atoms with van der Waals surface area (Å²) in [6.07, 6.45) is -10.4. The molecule has 0 aliphatic heterocycles. The highest BCUT2D eigenvalue weighted by Gasteiger charge is 2.51. The summed E-state index contributed by atoms with van der Waals surface area (Å²) in [5, 5.41) is 0. The number of ether oxygens (including phenoxy) is 5. The molecule has 0 aliphatic rings. The molecule has 42 heavy (non-hydrogen) atoms. The van der Waals surface area contributed by atoms with Crippen LogP contribution in [0.25, 0.3) is 0 Å². The summed E-state index contributed by atoms with van der Waals surface area (Å²) in [5.41, 5.74) is 0. The summed E-state index contributed by atoms with van der Waals surface area (Å²) >= 11 is 82.0. The van der Waals surface area contributed by atoms with Crippen molar-refractivity contribution in [1.29, 1.82) is 0 Å². The van der Waals surface area contributed by atoms with E-state index in [2.05, 4.69) is 0 Å². The summed E-state index contributed by atoms with van der Waals surface area (Å²) in [5.74, 6) is -8.99. The number of aldehydes is 1. The number of alkyl halides is 15. The van der Waals surface area contributed by atoms with Gasteiger partial charge in [0, 0.05) is 0 Å². The molecule has 0 spiro atoms. The average molecular weight is 907 g/mol. The van der Waals surface area contributed by atoms with Crippen molar-refractivity contribution >= 4 is 210 Å². The van der Waals surface area contributed by atoms with Crippen molar-refractivity contribution in [2.75, 3.05) is 6.61 Å². The number of halogens is 15. The van der Waals surface area contributed by atoms with Crippen LogP contribution < -0.4 is 0 Å². The molecule has 0 saturated carbocycles. The minimum atomic E-state index is -2.97. The van der Waals surface area contributed by atoms with Gasteiger partial charge in [-0.05, 0) is 0 Å². The Hall–Kier alpha value is 1.37. The second-order valence-corrected chi connectivity index (χ2v) is 18.2. The highest BCUT2D eigenvalue weighted by Crippen LogP contribution is 2.35. The van der Waals surface area contributed by atoms with Gasteiger partial charge in [-0.25, -0.2) is 24.0 Å². The van der Waals surface area contributed by atoms with E-state index in [0.717, 1.165) is 0 Å². The molecule has 0 radical (unpaired) electrons. The molecule has 0 rings (SSSR count). The van der Waals surface area contributed by atoms with Crippen LogP contribution in [0.3, 0.4) is 0 Å². The lowest BCUT2D eigenvalue weighted by molar-refractivity contribution is -0.203. The standard InChI is InChI=1S/C16H7Cl15O11/c17-12(18,19)7(33)38-2-4(40-9(35)14(23,24)25)6(42-11(37)16(29,30)31)5(41-10(36)15(26,27)28)3(1-32)39-8(34)13(20,21)22/h1,3-6H,2H2/t3-,4+,5+,6+/m0/s1. The molecule has 0 bridgehead atoms. The van der Waals surface area contributed by atoms with Gasteiger partial charge >= 0.3 is 29.8 Å². The van der Waals surface area contributed by atoms with Crippen molar-refractivity contribution in [1.82, 2.24) is 0 Å². The van der Waals surface area contributed by atoms with Crippen molar-refractivity contribution in [3.63, 3.8) is 0 Å². The van der Waals surface area contributed by atoms with Gasteiger partial charge in [-0.3, -0.25) is 4.79 Å². The van der Waals surface area contributed by atoms with Gasteiger partial charge in [0.15, 0.2) is 30.7 Å². The van der Waals surface area contributed by atoms with Crippen LogP contribution in [0.2, 0.25) is 0 Å². The van der Waals surface area contributed by atoms with Crippen molar-refractivity contribution in [2.45, 2.75) is 43.4 Å². The minimum absolute atomic E-state index is 0.304. The third-order valence-corrected chi connectivity index (χ3v) is 5.99. The van der Waals surface area contributed by atoms with Gasteiger partial charge in [0.1, 0.15) is 6.61 Å². The lowest BCUT2D eigenvalue weighted by Crippen LogP contribution is -2.56. The summed E-state index contributed by atoms with van der Waals surface area (Å²) < 4.78 is 9.65. The van der Waals surface area contributed by atoms with Crippen LogP contribution in [0.5, 0.6) is 0 Å². The number of carbonyl (C=O) groups is 6. The monoisotopic (exact) mass is 900 g/mol. The fraction of sp³-hybridized carbons (Fsp3) is 0.625. The van der Waals surface area contributed by atoms with E-state index in [1.54, 1.807) is 0 Å². The second-order valence-electron chi connectivity index (χ2n) is 6.78. The Morgan fingerprint density at radius 2 is 0.786 bits per heavy atom. The number of hydrogen-bond acceptors (Lipinski definition) is 11. The molecule has 0 aliphatic carbocycles. The normalized spacial score (nSPS) is 15.8. The molecular weight excluding hydrogens is 900 g/mol. The molecule has 0 aromatic rings. The Balaban J connectivity index is 7.27. The van der Waals surface area contributed by atoms with E-state index in [1.165, 1.54) is 0 Å². The number of esters is 5. The molecule has 0 aromatic carbocycles. The Kier molecular flexibility index (Phi) is 17.5. The van der Waals surface area contributed by atoms with Crippen LogP contribution >= 0.6 is 174 Å². The SMILES string of the molecule is O=C[C@H](OC(=O)C(Cl)(Cl)Cl)[C@@H](OC(=O)C(Cl)(Cl)Cl)[C@H](OC(=O)C(Cl)(Cl)Cl)[C@@H](COC(=O)C(Cl)(Cl)Cl)OC(=O)C(Cl)(Cl)Cl. The number of rotatable bonds is 10. The molecule has 242 valence electrons. The first kappa shape index (κ1) is 43.4. The van der Waals surface area contributed by atoms with Crippen molar-refractivity contribution in [3.8, 4) is 0 Å². The molecule has 0 saturated heterocycles. The maximum Gasteiger partial charge on any atom is 0.359 e. The van der Waals surface area contributed by atoms with E-state index in [4.69, 9.17) is 198 Å². The maximum atomic E-state index is 12.6. The zero-order chi connectivity index (χ0) is 33.6. The third kappa shape index (κ3) is 15.3. The fourth-order valence-electron chi connectivity index (χ4n) is 2.06. The summed E-state index contributed by atoms with van der Waals surface area (Å²) in [6.45, 7) is -1.36. The predicted octanol–water partition coefficient (Wildman–Crippen LogP) is 6.23. The van der Waals surface area contributed by atoms with E-state index in [0.29, 0.717) is 0 Å². The molecule has 26 heteroatoms. The van der Waals surface area contributed by atoms with Crippen LogP contribution in [-0.4, -0.2) is 86.1 Å². The van der Waals surface area contributed by atoms with E-state index in [1.807, 2.05) is 0 Å². The number of carbonyl (C=O) groups excluding carboxylic acids is 6. The first-order valence-electron chi connectivity index (χ1n) is 9.33. The highest BCUT2D eigenvalue weighted by atomic mass is 35.6. The van der Waals surface area contributed by atoms with Crippen LogP contribution in [0.1, 0.15) is 0 Å². The van der Waals surface area contributed by atoms with E-state index >= 15 is 0 Å². The topological polar surface area (TPSA) is 149 Å². The molecule has 0 aromatic heterocycles. The lowest BCUT2D eigenvalue weighted by Gasteiger charge is -2.35. The number of hydrogen-bond donors (Lipinski definition) is 0. The largest absolute Gasteiger partial charge is 0.458 e. The Morgan fingerprint density at radius 1 is 0.476 bits per heavy atom. The lowest BCUT2D eigenvalue weighted by atomic mass is 10.0. The van der Waals surface area contributed by atoms with Crippen molar-refractivity contribution < 1.29 is 52.5 Å². The van der Waals surface area contributed by atoms with Crippen LogP contribution in [-0.2, 0) is 52.5 Å². The van der Waals surface area contributed by atoms with Crippen molar-refractivity contribution in [2.24, 2.45) is 0 Å². The van der Waals surface area contributed by atoms with Crippen molar-refractivity contribution in [3.05, 3.63) is 0 Å². The summed E-state index contributed by atoms with van der Waals surface area (Å²) in [7, 11) is 0. The van der Waals surface area contributed by atoms with E-state index in [-0.39, 0.29) is 6.29 Å². The minimum Gasteiger partial charge on any atom is -0.458 e. The quantitative estimate of drug-likeness (QED) is 0.106. The van der Waals surface area contributed by atoms with E-state index in [9.17, 15) is 28.8 Å². The second kappa shape index (κ2) is 17.0. The van der Waals surface area contributed by atoms with Gasteiger partial charge in [0.25, 0.3) is 19.0 Å². The van der Waals surface area contributed by atoms with Gasteiger partial charge in [0.2, 0.25) is 0 Å². The molecule has 11 nitrogen and oxygen atoms in total. The fourth-order valence-corrected chi connectivity index (χ4v) is 2.76. The predicted molar refractivity (Wildman–Crippen MR) is 158 cm³/mol. The molecule has 0 fully saturated rings. The van der Waals surface area contributed by atoms with Gasteiger partial charge in [-0.15, -0.1) is 0 Å². The third-order valence-electron chi connectivity index (χ3n) is 3.67. The molecular formula is C16H7Cl15O11. The van der Waals surface area contributed by atoms with Gasteiger partial charge in [-0.1, -0.05) is 174 Å². The molecule has 4 atom stereocenters. The van der Waals surface area contributed by atoms with Gasteiger partial charge in [0.05, 0.1) is 0 Å². The zero-order valence-corrected chi connectivity index (χ0v) is 30.1. The molecule has 0 amide bonds. The Morgan fingerprint density at radius 3 is 1.12 bits per heavy atom. The first-order valence-corrected chi connectivity index (χ1v) is 15.0. The summed E-state index contributed by atoms with van der Waals surface area (Å²) in [6, 6.07) is 0. The van der Waals surface area contributed by atoms with E-state index < -0.39 is 79.8 Å². The van der Waals surface area contributed by atoms with Gasteiger partial charge in [-0.2, -0.15) is 0 Å². The zero-order valence-electron chi connectivity index (χ0n) is 18.8. The van der Waals surface area contributed by atoms with Crippen LogP contribution in [0.4, 0.5) is 0 Å². The van der Waals surface area contributed by atoms with Gasteiger partial charge < -0.3 is 23.7 Å². The average Bonchev–Trinajstić information content (AvgIpc) is 2.78. The highest BCUT2D eigenvalue weighted by molar-refractivity contribution is 6.77. The Bertz CT molecular complexity index is 1020. The summed E-state index contributed by atoms with van der Waals surface area (Å²) in [4.78, 5) is 73.7. The maximum absolute atomic E-state index is 12.6. The van der Waals surface area contributed by atoms with Crippen LogP contribution in [0, 0.1) is 0 Å². The van der Waals surface area contributed by atoms with Crippen LogP contribution in [0.15, 0.2) is 0 Å². The Labute approximate surface area is 309 Å². The molecule has 0 unspecified atom stereocenters. The molecule has 0 N–H and O–H groups in total. The smallest absolute Gasteiger partial charge is 0.359 e.